The largest absolute Gasteiger partial charge is 0.519 e. The molecular weight excluding hydrogens is 160 g/mol. The Balaban J connectivity index is 2.87. The molecule has 0 fully saturated rings. The molecule has 2 aromatic rings. The van der Waals surface area contributed by atoms with E-state index in [-0.39, 0.29) is 6.54 Å². The molecule has 0 aliphatic heterocycles. The van der Waals surface area contributed by atoms with Gasteiger partial charge in [-0.15, -0.1) is 0 Å². The highest BCUT2D eigenvalue weighted by Gasteiger charge is 2.07. The van der Waals surface area contributed by atoms with Crippen LogP contribution in [0, 0.1) is 0 Å². The summed E-state index contributed by atoms with van der Waals surface area (Å²) in [6, 6.07) is 1.55. The number of hydrogen-bond acceptors (Lipinski definition) is 5. The van der Waals surface area contributed by atoms with E-state index in [4.69, 9.17) is 14.6 Å². The van der Waals surface area contributed by atoms with Gasteiger partial charge in [0, 0.05) is 18.8 Å². The zero-order valence-electron chi connectivity index (χ0n) is 6.11. The van der Waals surface area contributed by atoms with E-state index in [1.807, 2.05) is 0 Å². The summed E-state index contributed by atoms with van der Waals surface area (Å²) in [7, 11) is 0. The minimum absolute atomic E-state index is 0.222. The maximum Gasteiger partial charge on any atom is 0.519 e. The molecule has 5 heteroatoms. The Hall–Kier alpha value is -1.62. The van der Waals surface area contributed by atoms with Crippen LogP contribution in [-0.2, 0) is 6.54 Å². The van der Waals surface area contributed by atoms with Crippen LogP contribution in [-0.4, -0.2) is 4.98 Å². The van der Waals surface area contributed by atoms with Crippen molar-refractivity contribution < 1.29 is 8.83 Å². The molecule has 62 valence electrons. The number of hydrogen-bond donors (Lipinski definition) is 1. The van der Waals surface area contributed by atoms with Crippen LogP contribution in [0.25, 0.3) is 11.2 Å². The molecule has 0 aromatic carbocycles. The van der Waals surface area contributed by atoms with Crippen molar-refractivity contribution in [3.63, 3.8) is 0 Å². The number of aromatic nitrogens is 1. The monoisotopic (exact) mass is 166 g/mol. The first-order chi connectivity index (χ1) is 5.81. The molecule has 12 heavy (non-hydrogen) atoms. The van der Waals surface area contributed by atoms with Gasteiger partial charge >= 0.3 is 5.82 Å². The van der Waals surface area contributed by atoms with E-state index in [2.05, 4.69) is 4.98 Å². The molecule has 0 saturated heterocycles. The summed E-state index contributed by atoms with van der Waals surface area (Å²) in [4.78, 5) is 14.6. The van der Waals surface area contributed by atoms with Gasteiger partial charge < -0.3 is 14.6 Å². The van der Waals surface area contributed by atoms with Crippen molar-refractivity contribution in [1.82, 2.24) is 4.98 Å². The van der Waals surface area contributed by atoms with Crippen LogP contribution in [0.15, 0.2) is 25.9 Å². The lowest BCUT2D eigenvalue weighted by Gasteiger charge is -1.91. The van der Waals surface area contributed by atoms with Crippen LogP contribution in [0.3, 0.4) is 0 Å². The fourth-order valence-electron chi connectivity index (χ4n) is 1.00. The normalized spacial score (nSPS) is 10.8. The second kappa shape index (κ2) is 2.46. The lowest BCUT2D eigenvalue weighted by Crippen LogP contribution is -1.99. The van der Waals surface area contributed by atoms with E-state index in [0.717, 1.165) is 0 Å². The Morgan fingerprint density at radius 1 is 1.50 bits per heavy atom. The van der Waals surface area contributed by atoms with Crippen LogP contribution in [0.5, 0.6) is 0 Å². The van der Waals surface area contributed by atoms with Crippen LogP contribution in [0.2, 0.25) is 0 Å². The van der Waals surface area contributed by atoms with Gasteiger partial charge in [0.15, 0.2) is 11.2 Å². The number of fused-ring (bicyclic) bond motifs is 1. The van der Waals surface area contributed by atoms with Gasteiger partial charge in [-0.25, -0.2) is 4.79 Å². The van der Waals surface area contributed by atoms with Gasteiger partial charge in [-0.3, -0.25) is 4.98 Å². The Morgan fingerprint density at radius 3 is 3.08 bits per heavy atom. The first-order valence-electron chi connectivity index (χ1n) is 3.39. The molecule has 5 nitrogen and oxygen atoms in total. The second-order valence-electron chi connectivity index (χ2n) is 2.24. The zero-order valence-corrected chi connectivity index (χ0v) is 6.11. The maximum atomic E-state index is 10.7. The highest BCUT2D eigenvalue weighted by atomic mass is 16.6. The van der Waals surface area contributed by atoms with E-state index in [9.17, 15) is 4.79 Å². The third-order valence-electron chi connectivity index (χ3n) is 1.51. The summed E-state index contributed by atoms with van der Waals surface area (Å²) in [6.45, 7) is 0.222. The summed E-state index contributed by atoms with van der Waals surface area (Å²) in [6.07, 6.45) is 1.52. The average Bonchev–Trinajstić information content (AvgIpc) is 2.44. The van der Waals surface area contributed by atoms with Crippen LogP contribution >= 0.6 is 0 Å². The van der Waals surface area contributed by atoms with Crippen molar-refractivity contribution >= 4 is 11.2 Å². The van der Waals surface area contributed by atoms with Crippen LogP contribution < -0.4 is 11.6 Å². The third-order valence-corrected chi connectivity index (χ3v) is 1.51. The maximum absolute atomic E-state index is 10.7. The van der Waals surface area contributed by atoms with Gasteiger partial charge in [0.25, 0.3) is 0 Å². The van der Waals surface area contributed by atoms with E-state index in [0.29, 0.717) is 16.9 Å². The van der Waals surface area contributed by atoms with Crippen LogP contribution in [0.4, 0.5) is 0 Å². The quantitative estimate of drug-likeness (QED) is 0.656. The number of nitrogens with two attached hydrogens (primary N) is 1. The summed E-state index contributed by atoms with van der Waals surface area (Å²) in [5, 5.41) is 0. The molecule has 0 aliphatic rings. The molecule has 0 radical (unpaired) electrons. The van der Waals surface area contributed by atoms with E-state index in [1.165, 1.54) is 6.20 Å². The molecule has 0 unspecified atom stereocenters. The van der Waals surface area contributed by atoms with Gasteiger partial charge in [-0.1, -0.05) is 0 Å². The summed E-state index contributed by atoms with van der Waals surface area (Å²) < 4.78 is 9.42. The van der Waals surface area contributed by atoms with Gasteiger partial charge in [0.05, 0.1) is 0 Å². The SMILES string of the molecule is NCc1nccc2oc(=O)oc12. The van der Waals surface area contributed by atoms with Crippen molar-refractivity contribution in [3.05, 3.63) is 28.6 Å². The van der Waals surface area contributed by atoms with Crippen molar-refractivity contribution in [3.8, 4) is 0 Å². The molecular formula is C7H6N2O3. The topological polar surface area (TPSA) is 82.3 Å². The van der Waals surface area contributed by atoms with Gasteiger partial charge in [-0.2, -0.15) is 0 Å². The van der Waals surface area contributed by atoms with Crippen molar-refractivity contribution in [2.45, 2.75) is 6.54 Å². The van der Waals surface area contributed by atoms with E-state index < -0.39 is 5.82 Å². The standard InChI is InChI=1S/C7H6N2O3/c8-3-4-6-5(1-2-9-4)11-7(10)12-6/h1-2H,3,8H2. The summed E-state index contributed by atoms with van der Waals surface area (Å²) >= 11 is 0. The molecule has 2 N–H and O–H groups in total. The molecule has 2 heterocycles. The van der Waals surface area contributed by atoms with Crippen molar-refractivity contribution in [2.75, 3.05) is 0 Å². The molecule has 0 saturated carbocycles. The Kier molecular flexibility index (Phi) is 1.44. The fraction of sp³-hybridized carbons (Fsp3) is 0.143. The smallest absolute Gasteiger partial charge is 0.391 e. The fourth-order valence-corrected chi connectivity index (χ4v) is 1.00. The van der Waals surface area contributed by atoms with Gasteiger partial charge in [-0.05, 0) is 0 Å². The predicted octanol–water partition coefficient (Wildman–Crippen LogP) is 0.240. The molecule has 0 spiro atoms. The van der Waals surface area contributed by atoms with E-state index in [1.54, 1.807) is 6.07 Å². The molecule has 0 bridgehead atoms. The number of pyridine rings is 1. The number of nitrogens with zero attached hydrogens (tertiary/aromatic N) is 1. The highest BCUT2D eigenvalue weighted by Crippen LogP contribution is 2.13. The summed E-state index contributed by atoms with van der Waals surface area (Å²) in [5.74, 6) is -0.729. The molecule has 0 amide bonds. The lowest BCUT2D eigenvalue weighted by atomic mass is 10.3. The minimum Gasteiger partial charge on any atom is -0.391 e. The van der Waals surface area contributed by atoms with E-state index >= 15 is 0 Å². The Morgan fingerprint density at radius 2 is 2.33 bits per heavy atom. The zero-order chi connectivity index (χ0) is 8.55. The van der Waals surface area contributed by atoms with Gasteiger partial charge in [0.2, 0.25) is 0 Å². The lowest BCUT2D eigenvalue weighted by molar-refractivity contribution is 0.408. The minimum atomic E-state index is -0.729. The Labute approximate surface area is 66.8 Å². The predicted molar refractivity (Wildman–Crippen MR) is 40.4 cm³/mol. The van der Waals surface area contributed by atoms with Gasteiger partial charge in [0.1, 0.15) is 5.69 Å². The van der Waals surface area contributed by atoms with Crippen molar-refractivity contribution in [1.29, 1.82) is 0 Å². The molecule has 0 atom stereocenters. The molecule has 2 aromatic heterocycles. The number of rotatable bonds is 1. The third kappa shape index (κ3) is 0.911. The second-order valence-corrected chi connectivity index (χ2v) is 2.24. The summed E-state index contributed by atoms with van der Waals surface area (Å²) in [5.41, 5.74) is 6.61. The average molecular weight is 166 g/mol. The highest BCUT2D eigenvalue weighted by molar-refractivity contribution is 5.71. The molecule has 0 aliphatic carbocycles. The first-order valence-corrected chi connectivity index (χ1v) is 3.39. The Bertz CT molecular complexity index is 457. The first kappa shape index (κ1) is 7.05. The molecule has 2 rings (SSSR count). The van der Waals surface area contributed by atoms with Crippen LogP contribution in [0.1, 0.15) is 5.69 Å². The van der Waals surface area contributed by atoms with Crippen molar-refractivity contribution in [2.24, 2.45) is 5.73 Å².